The number of ether oxygens (including phenoxy) is 8. The molecular formula is C121H95N3O14. The average molecular weight is 1820 g/mol. The Morgan fingerprint density at radius 3 is 0.812 bits per heavy atom. The third-order valence-electron chi connectivity index (χ3n) is 22.2. The van der Waals surface area contributed by atoms with Gasteiger partial charge in [0.25, 0.3) is 0 Å². The second-order valence-electron chi connectivity index (χ2n) is 32.1. The zero-order valence-corrected chi connectivity index (χ0v) is 75.5. The van der Waals surface area contributed by atoms with Gasteiger partial charge in [-0.1, -0.05) is 387 Å². The lowest BCUT2D eigenvalue weighted by Crippen LogP contribution is -2.11. The number of aromatic carboxylic acids is 3. The van der Waals surface area contributed by atoms with Crippen molar-refractivity contribution in [2.45, 2.75) is 72.1 Å². The molecule has 0 amide bonds. The fourth-order valence-corrected chi connectivity index (χ4v) is 15.5. The topological polar surface area (TPSA) is 224 Å². The first-order chi connectivity index (χ1) is 67.9. The third kappa shape index (κ3) is 25.8. The molecule has 0 saturated heterocycles. The summed E-state index contributed by atoms with van der Waals surface area (Å²) in [6.45, 7) is 2.87. The highest BCUT2D eigenvalue weighted by molar-refractivity contribution is 6.01. The van der Waals surface area contributed by atoms with Crippen molar-refractivity contribution < 1.29 is 67.6 Å². The van der Waals surface area contributed by atoms with Gasteiger partial charge < -0.3 is 53.2 Å². The van der Waals surface area contributed by atoms with Crippen molar-refractivity contribution in [3.05, 3.63) is 518 Å². The monoisotopic (exact) mass is 1810 g/mol. The molecule has 18 aromatic rings. The van der Waals surface area contributed by atoms with Gasteiger partial charge in [0.2, 0.25) is 0 Å². The quantitative estimate of drug-likeness (QED) is 0.0257. The summed E-state index contributed by atoms with van der Waals surface area (Å²) in [5.74, 6) is 18.2. The molecule has 3 N–H and O–H groups in total. The molecule has 17 nitrogen and oxygen atoms in total. The van der Waals surface area contributed by atoms with Crippen LogP contribution in [0.3, 0.4) is 0 Å². The zero-order chi connectivity index (χ0) is 94.7. The number of carbonyl (C=O) groups is 3. The van der Waals surface area contributed by atoms with E-state index in [1.807, 2.05) is 394 Å². The molecule has 0 spiro atoms. The Kier molecular flexibility index (Phi) is 32.6. The van der Waals surface area contributed by atoms with Crippen LogP contribution >= 0.6 is 0 Å². The summed E-state index contributed by atoms with van der Waals surface area (Å²) in [6.07, 6.45) is 0.986. The van der Waals surface area contributed by atoms with Gasteiger partial charge in [-0.05, 0) is 110 Å². The number of fused-ring (bicyclic) bond motifs is 3. The van der Waals surface area contributed by atoms with Crippen LogP contribution in [0.15, 0.2) is 400 Å². The van der Waals surface area contributed by atoms with Crippen molar-refractivity contribution in [3.63, 3.8) is 0 Å². The molecule has 0 aliphatic carbocycles. The van der Waals surface area contributed by atoms with E-state index in [0.717, 1.165) is 66.8 Å². The van der Waals surface area contributed by atoms with Gasteiger partial charge in [0.1, 0.15) is 92.4 Å². The predicted molar refractivity (Wildman–Crippen MR) is 537 cm³/mol. The summed E-state index contributed by atoms with van der Waals surface area (Å²) in [5.41, 5.74) is 15.8. The lowest BCUT2D eigenvalue weighted by Gasteiger charge is -2.19. The van der Waals surface area contributed by atoms with Crippen LogP contribution in [0.2, 0.25) is 0 Å². The van der Waals surface area contributed by atoms with Gasteiger partial charge in [-0.2, -0.15) is 0 Å². The Morgan fingerprint density at radius 2 is 0.493 bits per heavy atom. The standard InChI is InChI=1S/2C41H33NO5.C39H29NO4/c43-41(44)38-36(26-30-14-5-1-6-15-30)40(47-29-33-20-11-4-12-21-33)35-24-23-34(22-13-25-45-27-31-16-7-2-8-17-31)39(37(35)42-38)46-28-32-18-9-3-10-19-32;43-41(44)39-36(24-30-14-5-1-6-15-30)40(47-29-33-20-11-4-12-21-33)35-25-34(22-13-23-45-27-31-16-7-2-8-17-31)26-37(38(35)42-39)46-28-32-18-9-3-10-19-32;41-39(42)36-34(25-29-15-7-2-8-16-29)38(44-27-31-19-11-4-12-20-31)33-24-23-32(22-21-28-13-5-1-6-14-28)37(35(33)40-36)43-26-30-17-9-3-10-18-30/h1-12,14-21,23-24H,25-29H2,(H,43,44);1-12,14-21,25-26H,23-24,27-29H2,(H,43,44);1-20,23-24H,25-27H2,(H,41,42). The van der Waals surface area contributed by atoms with E-state index in [9.17, 15) is 29.7 Å². The highest BCUT2D eigenvalue weighted by atomic mass is 16.5. The van der Waals surface area contributed by atoms with Gasteiger partial charge in [-0.15, -0.1) is 0 Å². The van der Waals surface area contributed by atoms with E-state index in [0.29, 0.717) is 133 Å². The van der Waals surface area contributed by atoms with Gasteiger partial charge in [-0.25, -0.2) is 29.3 Å². The minimum atomic E-state index is -1.15. The molecular weight excluding hydrogens is 1720 g/mol. The van der Waals surface area contributed by atoms with E-state index in [2.05, 4.69) is 35.5 Å². The third-order valence-corrected chi connectivity index (χ3v) is 22.2. The van der Waals surface area contributed by atoms with E-state index in [1.165, 1.54) is 0 Å². The summed E-state index contributed by atoms with van der Waals surface area (Å²) in [5, 5.41) is 33.3. The van der Waals surface area contributed by atoms with Crippen LogP contribution < -0.4 is 28.4 Å². The second-order valence-corrected chi connectivity index (χ2v) is 32.1. The molecule has 17 heteroatoms. The van der Waals surface area contributed by atoms with Crippen molar-refractivity contribution in [2.24, 2.45) is 0 Å². The van der Waals surface area contributed by atoms with Crippen molar-refractivity contribution in [3.8, 4) is 70.0 Å². The fraction of sp³-hybridized carbons (Fsp3) is 0.107. The summed E-state index contributed by atoms with van der Waals surface area (Å²) in [6, 6.07) is 129. The summed E-state index contributed by atoms with van der Waals surface area (Å²) in [7, 11) is 0. The van der Waals surface area contributed by atoms with Gasteiger partial charge in [0.15, 0.2) is 28.6 Å². The molecule has 0 bridgehead atoms. The lowest BCUT2D eigenvalue weighted by atomic mass is 9.98. The molecule has 3 aromatic heterocycles. The smallest absolute Gasteiger partial charge is 0.354 e. The number of benzene rings is 15. The molecule has 0 fully saturated rings. The first-order valence-electron chi connectivity index (χ1n) is 45.0. The van der Waals surface area contributed by atoms with Gasteiger partial charge in [-0.3, -0.25) is 0 Å². The Bertz CT molecular complexity index is 7350. The Morgan fingerprint density at radius 1 is 0.232 bits per heavy atom. The van der Waals surface area contributed by atoms with Crippen molar-refractivity contribution in [1.29, 1.82) is 0 Å². The van der Waals surface area contributed by atoms with Crippen molar-refractivity contribution in [1.82, 2.24) is 15.0 Å². The zero-order valence-electron chi connectivity index (χ0n) is 75.5. The highest BCUT2D eigenvalue weighted by Gasteiger charge is 2.29. The molecule has 15 aromatic carbocycles. The van der Waals surface area contributed by atoms with Crippen LogP contribution in [-0.4, -0.2) is 61.4 Å². The highest BCUT2D eigenvalue weighted by Crippen LogP contribution is 2.44. The maximum absolute atomic E-state index is 12.8. The van der Waals surface area contributed by atoms with E-state index in [4.69, 9.17) is 52.8 Å². The van der Waals surface area contributed by atoms with Crippen LogP contribution in [0.1, 0.15) is 132 Å². The SMILES string of the molecule is O=C(O)c1nc2c(OCc3ccccc3)c(C#CCOCc3ccccc3)ccc2c(OCc2ccccc2)c1Cc1ccccc1.O=C(O)c1nc2c(OCc3ccccc3)c(C#Cc3ccccc3)ccc2c(OCc2ccccc2)c1Cc1ccccc1.O=C(O)c1nc2c(OCc3ccccc3)cc(C#CCOCc3ccccc3)cc2c(OCc2ccccc2)c1Cc1ccccc1. The van der Waals surface area contributed by atoms with Crippen molar-refractivity contribution >= 4 is 50.6 Å². The first-order valence-corrected chi connectivity index (χ1v) is 45.0. The molecule has 0 saturated carbocycles. The van der Waals surface area contributed by atoms with Gasteiger partial charge >= 0.3 is 17.9 Å². The Balaban J connectivity index is 0.000000150. The van der Waals surface area contributed by atoms with Crippen molar-refractivity contribution in [2.75, 3.05) is 13.2 Å². The number of nitrogens with zero attached hydrogens (tertiary/aromatic N) is 3. The molecule has 0 aliphatic rings. The van der Waals surface area contributed by atoms with Gasteiger partial charge in [0.05, 0.1) is 24.3 Å². The minimum Gasteiger partial charge on any atom is -0.488 e. The largest absolute Gasteiger partial charge is 0.488 e. The predicted octanol–water partition coefficient (Wildman–Crippen LogP) is 24.6. The van der Waals surface area contributed by atoms with Crippen LogP contribution in [0.5, 0.6) is 34.5 Å². The number of pyridine rings is 3. The summed E-state index contributed by atoms with van der Waals surface area (Å²) in [4.78, 5) is 52.5. The molecule has 0 radical (unpaired) electrons. The Hall–Kier alpha value is -17.7. The average Bonchev–Trinajstić information content (AvgIpc) is 0.764. The number of carboxylic acids is 3. The summed E-state index contributed by atoms with van der Waals surface area (Å²) >= 11 is 0. The van der Waals surface area contributed by atoms with Crippen LogP contribution in [0, 0.1) is 35.5 Å². The molecule has 0 unspecified atom stereocenters. The first kappa shape index (κ1) is 93.6. The number of hydrogen-bond acceptors (Lipinski definition) is 14. The number of rotatable bonds is 33. The van der Waals surface area contributed by atoms with Crippen LogP contribution in [0.4, 0.5) is 0 Å². The normalized spacial score (nSPS) is 10.6. The van der Waals surface area contributed by atoms with Gasteiger partial charge in [0, 0.05) is 63.2 Å². The molecule has 0 aliphatic heterocycles. The van der Waals surface area contributed by atoms with E-state index in [-0.39, 0.29) is 69.9 Å². The maximum atomic E-state index is 12.8. The van der Waals surface area contributed by atoms with Crippen LogP contribution in [0.25, 0.3) is 32.7 Å². The Labute approximate surface area is 801 Å². The minimum absolute atomic E-state index is 0.0813. The fourth-order valence-electron chi connectivity index (χ4n) is 15.5. The lowest BCUT2D eigenvalue weighted by molar-refractivity contribution is 0.0678. The number of aromatic nitrogens is 3. The molecule has 3 heterocycles. The number of hydrogen-bond donors (Lipinski definition) is 3. The summed E-state index contributed by atoms with van der Waals surface area (Å²) < 4.78 is 50.3. The molecule has 138 heavy (non-hydrogen) atoms. The molecule has 18 rings (SSSR count). The molecule has 0 atom stereocenters. The second kappa shape index (κ2) is 48.1. The van der Waals surface area contributed by atoms with Crippen LogP contribution in [-0.2, 0) is 81.6 Å². The van der Waals surface area contributed by atoms with E-state index >= 15 is 0 Å². The molecule has 678 valence electrons. The maximum Gasteiger partial charge on any atom is 0.354 e. The number of carboxylic acid groups (broad SMARTS) is 3. The van der Waals surface area contributed by atoms with E-state index in [1.54, 1.807) is 6.07 Å². The van der Waals surface area contributed by atoms with E-state index < -0.39 is 17.9 Å².